The zero-order valence-electron chi connectivity index (χ0n) is 12.9. The monoisotopic (exact) mass is 308 g/mol. The molecule has 0 amide bonds. The maximum absolute atomic E-state index is 9.01. The highest BCUT2D eigenvalue weighted by atomic mass is 32.2. The van der Waals surface area contributed by atoms with Crippen molar-refractivity contribution >= 4 is 17.6 Å². The third-order valence-corrected chi connectivity index (χ3v) is 4.93. The van der Waals surface area contributed by atoms with Crippen LogP contribution in [-0.2, 0) is 0 Å². The minimum absolute atomic E-state index is 0.103. The van der Waals surface area contributed by atoms with Crippen LogP contribution in [-0.4, -0.2) is 23.4 Å². The topological polar surface area (TPSA) is 67.8 Å². The van der Waals surface area contributed by atoms with Crippen molar-refractivity contribution in [1.29, 1.82) is 0 Å². The van der Waals surface area contributed by atoms with Crippen molar-refractivity contribution in [3.05, 3.63) is 23.8 Å². The lowest BCUT2D eigenvalue weighted by Gasteiger charge is -2.34. The molecule has 1 fully saturated rings. The zero-order valence-corrected chi connectivity index (χ0v) is 13.7. The lowest BCUT2D eigenvalue weighted by atomic mass is 9.76. The largest absolute Gasteiger partial charge is 0.490 e. The normalized spacial score (nSPS) is 19.5. The Balaban J connectivity index is 2.20. The molecule has 1 aromatic carbocycles. The second kappa shape index (κ2) is 6.60. The number of benzene rings is 1. The molecule has 0 aliphatic heterocycles. The third-order valence-electron chi connectivity index (χ3n) is 4.15. The summed E-state index contributed by atoms with van der Waals surface area (Å²) in [7, 11) is 0. The second-order valence-electron chi connectivity index (χ2n) is 6.30. The average molecular weight is 308 g/mol. The number of hydrogen-bond donors (Lipinski definition) is 2. The van der Waals surface area contributed by atoms with Crippen LogP contribution >= 0.6 is 11.8 Å². The fourth-order valence-electron chi connectivity index (χ4n) is 2.75. The van der Waals surface area contributed by atoms with Crippen molar-refractivity contribution in [1.82, 2.24) is 0 Å². The summed E-state index contributed by atoms with van der Waals surface area (Å²) in [6.45, 7) is 4.61. The quantitative estimate of drug-likeness (QED) is 0.291. The van der Waals surface area contributed by atoms with E-state index >= 15 is 0 Å². The Morgan fingerprint density at radius 1 is 1.38 bits per heavy atom. The van der Waals surface area contributed by atoms with Gasteiger partial charge in [0.25, 0.3) is 0 Å². The van der Waals surface area contributed by atoms with Crippen molar-refractivity contribution in [3.8, 4) is 5.75 Å². The summed E-state index contributed by atoms with van der Waals surface area (Å²) in [4.78, 5) is 0.957. The summed E-state index contributed by atoms with van der Waals surface area (Å²) in [5.41, 5.74) is 6.93. The van der Waals surface area contributed by atoms with E-state index in [0.29, 0.717) is 16.7 Å². The predicted molar refractivity (Wildman–Crippen MR) is 87.4 cm³/mol. The molecule has 21 heavy (non-hydrogen) atoms. The van der Waals surface area contributed by atoms with Gasteiger partial charge in [-0.2, -0.15) is 0 Å². The first-order valence-electron chi connectivity index (χ1n) is 7.28. The maximum Gasteiger partial charge on any atom is 0.174 e. The Morgan fingerprint density at radius 3 is 2.62 bits per heavy atom. The van der Waals surface area contributed by atoms with E-state index < -0.39 is 0 Å². The number of hydrogen-bond acceptors (Lipinski definition) is 4. The molecular weight excluding hydrogens is 284 g/mol. The van der Waals surface area contributed by atoms with Gasteiger partial charge in [-0.05, 0) is 49.5 Å². The molecule has 1 aliphatic carbocycles. The van der Waals surface area contributed by atoms with Gasteiger partial charge >= 0.3 is 0 Å². The van der Waals surface area contributed by atoms with Crippen LogP contribution in [0.4, 0.5) is 0 Å². The summed E-state index contributed by atoms with van der Waals surface area (Å²) < 4.78 is 6.16. The van der Waals surface area contributed by atoms with Crippen molar-refractivity contribution in [2.75, 3.05) is 6.26 Å². The molecule has 0 unspecified atom stereocenters. The smallest absolute Gasteiger partial charge is 0.174 e. The lowest BCUT2D eigenvalue weighted by molar-refractivity contribution is 0.0984. The van der Waals surface area contributed by atoms with Crippen LogP contribution in [0.25, 0.3) is 0 Å². The molecule has 0 saturated heterocycles. The molecule has 4 nitrogen and oxygen atoms in total. The Hall–Kier alpha value is -1.36. The van der Waals surface area contributed by atoms with Gasteiger partial charge in [-0.3, -0.25) is 0 Å². The van der Waals surface area contributed by atoms with Crippen molar-refractivity contribution in [2.24, 2.45) is 16.3 Å². The van der Waals surface area contributed by atoms with Crippen LogP contribution in [0.15, 0.2) is 28.3 Å². The number of nitrogens with two attached hydrogens (primary N) is 1. The Bertz CT molecular complexity index is 519. The predicted octanol–water partition coefficient (Wildman–Crippen LogP) is 3.85. The molecule has 0 bridgehead atoms. The number of amidine groups is 1. The van der Waals surface area contributed by atoms with Gasteiger partial charge in [0.05, 0.1) is 11.7 Å². The molecule has 3 N–H and O–H groups in total. The molecule has 0 radical (unpaired) electrons. The van der Waals surface area contributed by atoms with Gasteiger partial charge in [-0.1, -0.05) is 25.1 Å². The fraction of sp³-hybridized carbons (Fsp3) is 0.562. The third kappa shape index (κ3) is 3.84. The van der Waals surface area contributed by atoms with E-state index in [2.05, 4.69) is 19.0 Å². The van der Waals surface area contributed by atoms with E-state index in [9.17, 15) is 0 Å². The van der Waals surface area contributed by atoms with Crippen molar-refractivity contribution in [2.45, 2.75) is 50.5 Å². The van der Waals surface area contributed by atoms with Gasteiger partial charge in [0.15, 0.2) is 5.84 Å². The molecule has 1 aromatic rings. The van der Waals surface area contributed by atoms with Gasteiger partial charge in [0.1, 0.15) is 5.75 Å². The van der Waals surface area contributed by atoms with E-state index in [1.807, 2.05) is 24.5 Å². The summed E-state index contributed by atoms with van der Waals surface area (Å²) in [5, 5.41) is 12.2. The van der Waals surface area contributed by atoms with Gasteiger partial charge in [-0.15, -0.1) is 11.8 Å². The first-order chi connectivity index (χ1) is 9.96. The average Bonchev–Trinajstić information content (AvgIpc) is 2.48. The van der Waals surface area contributed by atoms with Crippen molar-refractivity contribution in [3.63, 3.8) is 0 Å². The van der Waals surface area contributed by atoms with Gasteiger partial charge in [0.2, 0.25) is 0 Å². The van der Waals surface area contributed by atoms with E-state index in [1.54, 1.807) is 11.8 Å². The zero-order chi connectivity index (χ0) is 15.5. The summed E-state index contributed by atoms with van der Waals surface area (Å²) in [6, 6.07) is 5.80. The van der Waals surface area contributed by atoms with Gasteiger partial charge in [-0.25, -0.2) is 0 Å². The highest BCUT2D eigenvalue weighted by Gasteiger charge is 2.28. The SMILES string of the molecule is CSc1cccc(OC2CCC(C)(C)CC2)c1/C(N)=N/O. The van der Waals surface area contributed by atoms with Crippen LogP contribution in [0, 0.1) is 5.41 Å². The Labute approximate surface area is 130 Å². The van der Waals surface area contributed by atoms with E-state index in [4.69, 9.17) is 15.7 Å². The van der Waals surface area contributed by atoms with E-state index in [1.165, 1.54) is 12.8 Å². The molecule has 0 atom stereocenters. The summed E-state index contributed by atoms with van der Waals surface area (Å²) in [5.74, 6) is 0.813. The van der Waals surface area contributed by atoms with Crippen molar-refractivity contribution < 1.29 is 9.94 Å². The van der Waals surface area contributed by atoms with Crippen LogP contribution in [0.2, 0.25) is 0 Å². The van der Waals surface area contributed by atoms with E-state index in [-0.39, 0.29) is 11.9 Å². The van der Waals surface area contributed by atoms with Crippen LogP contribution in [0.3, 0.4) is 0 Å². The molecule has 1 saturated carbocycles. The van der Waals surface area contributed by atoms with Crippen LogP contribution in [0.1, 0.15) is 45.1 Å². The van der Waals surface area contributed by atoms with Gasteiger partial charge < -0.3 is 15.7 Å². The molecule has 1 aliphatic rings. The molecule has 0 spiro atoms. The molecule has 2 rings (SSSR count). The molecule has 0 heterocycles. The number of oxime groups is 1. The minimum Gasteiger partial charge on any atom is -0.490 e. The standard InChI is InChI=1S/C16H24N2O2S/c1-16(2)9-7-11(8-10-16)20-12-5-4-6-13(21-3)14(12)15(17)18-19/h4-6,11,19H,7-10H2,1-3H3,(H2,17,18). The maximum atomic E-state index is 9.01. The second-order valence-corrected chi connectivity index (χ2v) is 7.15. The highest BCUT2D eigenvalue weighted by molar-refractivity contribution is 7.98. The fourth-order valence-corrected chi connectivity index (χ4v) is 3.38. The highest BCUT2D eigenvalue weighted by Crippen LogP contribution is 2.38. The molecule has 116 valence electrons. The lowest BCUT2D eigenvalue weighted by Crippen LogP contribution is -2.29. The van der Waals surface area contributed by atoms with Crippen LogP contribution in [0.5, 0.6) is 5.75 Å². The number of ether oxygens (including phenoxy) is 1. The van der Waals surface area contributed by atoms with E-state index in [0.717, 1.165) is 17.7 Å². The first kappa shape index (κ1) is 16.0. The molecule has 5 heteroatoms. The summed E-state index contributed by atoms with van der Waals surface area (Å²) >= 11 is 1.56. The number of rotatable bonds is 4. The minimum atomic E-state index is 0.103. The molecular formula is C16H24N2O2S. The van der Waals surface area contributed by atoms with Crippen LogP contribution < -0.4 is 10.5 Å². The number of thioether (sulfide) groups is 1. The summed E-state index contributed by atoms with van der Waals surface area (Å²) in [6.07, 6.45) is 6.60. The first-order valence-corrected chi connectivity index (χ1v) is 8.51. The molecule has 0 aromatic heterocycles. The Kier molecular flexibility index (Phi) is 5.04. The number of nitrogens with zero attached hydrogens (tertiary/aromatic N) is 1. The Morgan fingerprint density at radius 2 is 2.05 bits per heavy atom. The van der Waals surface area contributed by atoms with Gasteiger partial charge in [0, 0.05) is 4.90 Å².